The Labute approximate surface area is 91.3 Å². The summed E-state index contributed by atoms with van der Waals surface area (Å²) in [4.78, 5) is 10.5. The van der Waals surface area contributed by atoms with Crippen molar-refractivity contribution in [2.45, 2.75) is 19.9 Å². The zero-order valence-corrected chi connectivity index (χ0v) is 8.77. The largest absolute Gasteiger partial charge is 0.481 e. The van der Waals surface area contributed by atoms with Crippen LogP contribution in [0.5, 0.6) is 0 Å². The molecule has 1 heterocycles. The molecule has 0 aliphatic heterocycles. The fourth-order valence-electron chi connectivity index (χ4n) is 1.69. The van der Waals surface area contributed by atoms with Crippen molar-refractivity contribution in [1.29, 1.82) is 0 Å². The number of fused-ring (bicyclic) bond motifs is 1. The molecule has 0 aliphatic carbocycles. The average molecular weight is 222 g/mol. The molecule has 2 rings (SSSR count). The number of hydrogen-bond donors (Lipinski definition) is 1. The molecule has 16 heavy (non-hydrogen) atoms. The van der Waals surface area contributed by atoms with Gasteiger partial charge in [-0.3, -0.25) is 9.48 Å². The minimum atomic E-state index is -0.891. The lowest BCUT2D eigenvalue weighted by Gasteiger charge is -2.00. The number of aliphatic carboxylic acids is 1. The maximum absolute atomic E-state index is 13.1. The number of hydrogen-bond acceptors (Lipinski definition) is 2. The molecular weight excluding hydrogens is 211 g/mol. The van der Waals surface area contributed by atoms with Crippen LogP contribution in [0.4, 0.5) is 4.39 Å². The van der Waals surface area contributed by atoms with Gasteiger partial charge in [-0.25, -0.2) is 4.39 Å². The predicted octanol–water partition coefficient (Wildman–Crippen LogP) is 1.96. The van der Waals surface area contributed by atoms with Crippen molar-refractivity contribution in [3.05, 3.63) is 29.7 Å². The molecule has 0 bridgehead atoms. The van der Waals surface area contributed by atoms with Crippen LogP contribution in [0.25, 0.3) is 10.9 Å². The van der Waals surface area contributed by atoms with Gasteiger partial charge in [0.15, 0.2) is 0 Å². The lowest BCUT2D eigenvalue weighted by molar-refractivity contribution is -0.137. The van der Waals surface area contributed by atoms with Gasteiger partial charge in [0.1, 0.15) is 5.82 Å². The summed E-state index contributed by atoms with van der Waals surface area (Å²) >= 11 is 0. The first-order chi connectivity index (χ1) is 7.58. The quantitative estimate of drug-likeness (QED) is 0.863. The Balaban J connectivity index is 2.44. The number of halogens is 1. The van der Waals surface area contributed by atoms with Crippen molar-refractivity contribution in [3.8, 4) is 0 Å². The molecule has 0 unspecified atom stereocenters. The molecule has 0 atom stereocenters. The number of carboxylic acids is 1. The van der Waals surface area contributed by atoms with Crippen molar-refractivity contribution in [2.75, 3.05) is 0 Å². The number of aryl methyl sites for hydroxylation is 2. The van der Waals surface area contributed by atoms with Crippen LogP contribution in [-0.2, 0) is 11.3 Å². The lowest BCUT2D eigenvalue weighted by Crippen LogP contribution is -2.05. The number of nitrogens with zero attached hydrogens (tertiary/aromatic N) is 2. The molecule has 5 heteroatoms. The second-order valence-corrected chi connectivity index (χ2v) is 3.61. The summed E-state index contributed by atoms with van der Waals surface area (Å²) in [5, 5.41) is 13.6. The van der Waals surface area contributed by atoms with E-state index in [1.807, 2.05) is 6.92 Å². The Bertz CT molecular complexity index is 548. The molecule has 1 N–H and O–H groups in total. The first-order valence-electron chi connectivity index (χ1n) is 4.92. The van der Waals surface area contributed by atoms with E-state index in [-0.39, 0.29) is 18.8 Å². The van der Waals surface area contributed by atoms with E-state index in [9.17, 15) is 9.18 Å². The van der Waals surface area contributed by atoms with Gasteiger partial charge in [0.25, 0.3) is 0 Å². The molecule has 0 saturated heterocycles. The summed E-state index contributed by atoms with van der Waals surface area (Å²) in [6.45, 7) is 2.07. The number of rotatable bonds is 3. The van der Waals surface area contributed by atoms with Gasteiger partial charge in [0.05, 0.1) is 24.2 Å². The number of carbonyl (C=O) groups is 1. The van der Waals surface area contributed by atoms with E-state index in [0.717, 1.165) is 11.1 Å². The summed E-state index contributed by atoms with van der Waals surface area (Å²) in [5.41, 5.74) is 1.42. The molecule has 4 nitrogen and oxygen atoms in total. The zero-order chi connectivity index (χ0) is 11.7. The highest BCUT2D eigenvalue weighted by atomic mass is 19.1. The molecule has 0 amide bonds. The highest BCUT2D eigenvalue weighted by Gasteiger charge is 2.09. The fourth-order valence-corrected chi connectivity index (χ4v) is 1.69. The van der Waals surface area contributed by atoms with Crippen molar-refractivity contribution < 1.29 is 14.3 Å². The van der Waals surface area contributed by atoms with Crippen LogP contribution in [0.3, 0.4) is 0 Å². The topological polar surface area (TPSA) is 55.1 Å². The SMILES string of the molecule is Cc1nn(CCC(=O)O)c2cc(F)ccc12. The molecule has 0 spiro atoms. The van der Waals surface area contributed by atoms with Crippen LogP contribution >= 0.6 is 0 Å². The first-order valence-corrected chi connectivity index (χ1v) is 4.92. The first kappa shape index (κ1) is 10.6. The molecular formula is C11H11FN2O2. The van der Waals surface area contributed by atoms with Crippen LogP contribution in [0.15, 0.2) is 18.2 Å². The Hall–Kier alpha value is -1.91. The van der Waals surface area contributed by atoms with Gasteiger partial charge in [0, 0.05) is 5.39 Å². The van der Waals surface area contributed by atoms with Crippen LogP contribution < -0.4 is 0 Å². The van der Waals surface area contributed by atoms with Crippen LogP contribution in [0.1, 0.15) is 12.1 Å². The molecule has 1 aromatic carbocycles. The van der Waals surface area contributed by atoms with E-state index in [2.05, 4.69) is 5.10 Å². The minimum Gasteiger partial charge on any atom is -0.481 e. The maximum atomic E-state index is 13.1. The van der Waals surface area contributed by atoms with Crippen molar-refractivity contribution in [1.82, 2.24) is 9.78 Å². The second-order valence-electron chi connectivity index (χ2n) is 3.61. The van der Waals surface area contributed by atoms with Gasteiger partial charge in [0.2, 0.25) is 0 Å². The predicted molar refractivity (Wildman–Crippen MR) is 56.7 cm³/mol. The van der Waals surface area contributed by atoms with E-state index in [1.54, 1.807) is 6.07 Å². The van der Waals surface area contributed by atoms with Gasteiger partial charge >= 0.3 is 5.97 Å². The summed E-state index contributed by atoms with van der Waals surface area (Å²) in [7, 11) is 0. The molecule has 1 aromatic heterocycles. The van der Waals surface area contributed by atoms with Crippen LogP contribution in [0, 0.1) is 12.7 Å². The number of aromatic nitrogens is 2. The van der Waals surface area contributed by atoms with E-state index < -0.39 is 5.97 Å². The third-order valence-corrected chi connectivity index (χ3v) is 2.44. The van der Waals surface area contributed by atoms with Crippen LogP contribution in [-0.4, -0.2) is 20.9 Å². The van der Waals surface area contributed by atoms with E-state index in [1.165, 1.54) is 16.8 Å². The minimum absolute atomic E-state index is 0.0211. The summed E-state index contributed by atoms with van der Waals surface area (Å²) < 4.78 is 14.6. The maximum Gasteiger partial charge on any atom is 0.305 e. The van der Waals surface area contributed by atoms with Gasteiger partial charge in [-0.2, -0.15) is 5.10 Å². The molecule has 0 radical (unpaired) electrons. The van der Waals surface area contributed by atoms with Gasteiger partial charge in [-0.1, -0.05) is 0 Å². The number of carboxylic acid groups (broad SMARTS) is 1. The Kier molecular flexibility index (Phi) is 2.60. The van der Waals surface area contributed by atoms with Gasteiger partial charge in [-0.05, 0) is 25.1 Å². The molecule has 0 fully saturated rings. The number of benzene rings is 1. The van der Waals surface area contributed by atoms with Crippen molar-refractivity contribution in [3.63, 3.8) is 0 Å². The Morgan fingerprint density at radius 2 is 2.31 bits per heavy atom. The van der Waals surface area contributed by atoms with E-state index in [0.29, 0.717) is 5.52 Å². The van der Waals surface area contributed by atoms with E-state index >= 15 is 0 Å². The molecule has 0 saturated carbocycles. The van der Waals surface area contributed by atoms with E-state index in [4.69, 9.17) is 5.11 Å². The molecule has 84 valence electrons. The van der Waals surface area contributed by atoms with Crippen LogP contribution in [0.2, 0.25) is 0 Å². The Morgan fingerprint density at radius 3 is 3.00 bits per heavy atom. The third kappa shape index (κ3) is 1.88. The second kappa shape index (κ2) is 3.92. The summed E-state index contributed by atoms with van der Waals surface area (Å²) in [6.07, 6.45) is -0.0211. The smallest absolute Gasteiger partial charge is 0.305 e. The normalized spacial score (nSPS) is 10.9. The monoisotopic (exact) mass is 222 g/mol. The summed E-state index contributed by atoms with van der Waals surface area (Å²) in [5.74, 6) is -1.23. The van der Waals surface area contributed by atoms with Gasteiger partial charge < -0.3 is 5.11 Å². The lowest BCUT2D eigenvalue weighted by atomic mass is 10.2. The Morgan fingerprint density at radius 1 is 1.56 bits per heavy atom. The highest BCUT2D eigenvalue weighted by Crippen LogP contribution is 2.19. The third-order valence-electron chi connectivity index (χ3n) is 2.44. The summed E-state index contributed by atoms with van der Waals surface area (Å²) in [6, 6.07) is 4.40. The zero-order valence-electron chi connectivity index (χ0n) is 8.77. The van der Waals surface area contributed by atoms with Gasteiger partial charge in [-0.15, -0.1) is 0 Å². The fraction of sp³-hybridized carbons (Fsp3) is 0.273. The highest BCUT2D eigenvalue weighted by molar-refractivity contribution is 5.81. The average Bonchev–Trinajstić information content (AvgIpc) is 2.52. The van der Waals surface area contributed by atoms with Crippen molar-refractivity contribution >= 4 is 16.9 Å². The molecule has 0 aliphatic rings. The standard InChI is InChI=1S/C11H11FN2O2/c1-7-9-3-2-8(12)6-10(9)14(13-7)5-4-11(15)16/h2-3,6H,4-5H2,1H3,(H,15,16). The molecule has 2 aromatic rings. The van der Waals surface area contributed by atoms with Crippen molar-refractivity contribution in [2.24, 2.45) is 0 Å².